The molecule has 0 saturated heterocycles. The third kappa shape index (κ3) is 27.2. The number of hydrogen-bond donors (Lipinski definition) is 0. The van der Waals surface area contributed by atoms with E-state index in [1.165, 1.54) is 359 Å². The molecule has 14 aromatic rings. The maximum absolute atomic E-state index is 2.60. The molecule has 0 bridgehead atoms. The Morgan fingerprint density at radius 3 is 0.835 bits per heavy atom. The van der Waals surface area contributed by atoms with Crippen molar-refractivity contribution < 1.29 is 0 Å². The maximum atomic E-state index is 2.60. The molecule has 14 aromatic carbocycles. The molecule has 0 aromatic heterocycles. The first kappa shape index (κ1) is 103. The molecule has 0 amide bonds. The van der Waals surface area contributed by atoms with Gasteiger partial charge in [-0.05, 0) is 295 Å². The summed E-state index contributed by atoms with van der Waals surface area (Å²) in [6, 6.07) is 121. The van der Waals surface area contributed by atoms with Crippen molar-refractivity contribution in [3.05, 3.63) is 383 Å². The molecule has 0 spiro atoms. The minimum absolute atomic E-state index is 0.0797. The van der Waals surface area contributed by atoms with Crippen LogP contribution < -0.4 is 14.7 Å². The van der Waals surface area contributed by atoms with E-state index in [0.29, 0.717) is 5.92 Å². The molecule has 2 aliphatic rings. The standard InChI is InChI=1S/C55H63N.C53H67N.C28H35N/c1-5-7-9-11-13-18-38-55(39-19-14-12-10-8-6-2)53-40-43(4)24-36-51(53)52-37-29-47(41-54(52)55)46-27-34-50(35-28-46)56(48-30-22-42(3)23-31-48)49-32-25-45(26-33-49)44-20-16-15-17-21-44;1-7-10-12-14-16-18-36-53(37-19-17-15-13-11-8-2)51-38-41(5)22-34-49(51)50-35-27-45(39-52(50)53)44-25-32-48(33-26-44)54(46-28-20-40(4)21-29-46)47-30-23-43(24-31-47)42(6)9-3;1-4-5-6-7-8-9-11-24-12-10-13-28(22-24)29(3)27-20-18-26(19-21-27)25-16-14-23(2)15-17-25/h15-17,20-37,40-41H,5-14,18-19,38-39H2,1-4H3;20-35,38-39,42H,7-19,36-37H2,1-6H3;10,12-22H,4-9,11H2,1-3H3. The van der Waals surface area contributed by atoms with Crippen molar-refractivity contribution in [1.29, 1.82) is 0 Å². The number of unbranched alkanes of at least 4 members (excludes halogenated alkanes) is 25. The minimum atomic E-state index is 0.0797. The van der Waals surface area contributed by atoms with E-state index in [1.807, 2.05) is 0 Å². The fourth-order valence-corrected chi connectivity index (χ4v) is 22.0. The summed E-state index contributed by atoms with van der Waals surface area (Å²) >= 11 is 0. The van der Waals surface area contributed by atoms with Gasteiger partial charge in [-0.1, -0.05) is 475 Å². The Morgan fingerprint density at radius 1 is 0.216 bits per heavy atom. The number of aryl methyl sites for hydroxylation is 6. The molecular formula is C136H165N3. The molecule has 0 fully saturated rings. The van der Waals surface area contributed by atoms with Crippen molar-refractivity contribution in [1.82, 2.24) is 0 Å². The average Bonchev–Trinajstić information content (AvgIpc) is 1.57. The molecule has 724 valence electrons. The smallest absolute Gasteiger partial charge is 0.0462 e. The summed E-state index contributed by atoms with van der Waals surface area (Å²) in [4.78, 5) is 7.06. The fraction of sp³-hybridized carbons (Fsp3) is 0.382. The zero-order chi connectivity index (χ0) is 97.1. The lowest BCUT2D eigenvalue weighted by Gasteiger charge is -2.33. The van der Waals surface area contributed by atoms with Crippen molar-refractivity contribution in [3.8, 4) is 66.8 Å². The average molecular weight is 1840 g/mol. The van der Waals surface area contributed by atoms with Crippen LogP contribution in [0.15, 0.2) is 322 Å². The van der Waals surface area contributed by atoms with Crippen LogP contribution in [0.25, 0.3) is 66.8 Å². The highest BCUT2D eigenvalue weighted by Crippen LogP contribution is 2.58. The number of anilines is 8. The van der Waals surface area contributed by atoms with Gasteiger partial charge in [-0.25, -0.2) is 0 Å². The van der Waals surface area contributed by atoms with Crippen molar-refractivity contribution in [2.24, 2.45) is 0 Å². The maximum Gasteiger partial charge on any atom is 0.0462 e. The van der Waals surface area contributed by atoms with Gasteiger partial charge in [0.2, 0.25) is 0 Å². The summed E-state index contributed by atoms with van der Waals surface area (Å²) in [5.41, 5.74) is 41.6. The Labute approximate surface area is 841 Å². The molecule has 0 aliphatic heterocycles. The van der Waals surface area contributed by atoms with Gasteiger partial charge in [-0.2, -0.15) is 0 Å². The molecule has 139 heavy (non-hydrogen) atoms. The largest absolute Gasteiger partial charge is 0.345 e. The van der Waals surface area contributed by atoms with Crippen molar-refractivity contribution in [3.63, 3.8) is 0 Å². The summed E-state index contributed by atoms with van der Waals surface area (Å²) < 4.78 is 0. The van der Waals surface area contributed by atoms with Gasteiger partial charge in [-0.15, -0.1) is 0 Å². The highest BCUT2D eigenvalue weighted by molar-refractivity contribution is 5.88. The number of nitrogens with zero attached hydrogens (tertiary/aromatic N) is 3. The summed E-state index contributed by atoms with van der Waals surface area (Å²) in [5, 5.41) is 0. The normalized spacial score (nSPS) is 12.6. The first-order valence-corrected chi connectivity index (χ1v) is 54.8. The van der Waals surface area contributed by atoms with Gasteiger partial charge < -0.3 is 14.7 Å². The molecule has 2 aliphatic carbocycles. The molecule has 3 nitrogen and oxygen atoms in total. The number of rotatable bonds is 49. The Kier molecular flexibility index (Phi) is 39.1. The van der Waals surface area contributed by atoms with Gasteiger partial charge in [0.15, 0.2) is 0 Å². The van der Waals surface area contributed by atoms with Crippen LogP contribution in [0.3, 0.4) is 0 Å². The Balaban J connectivity index is 0.000000175. The first-order chi connectivity index (χ1) is 68.0. The van der Waals surface area contributed by atoms with Gasteiger partial charge >= 0.3 is 0 Å². The van der Waals surface area contributed by atoms with Crippen molar-refractivity contribution in [2.45, 2.75) is 331 Å². The molecule has 1 unspecified atom stereocenters. The zero-order valence-electron chi connectivity index (χ0n) is 87.5. The van der Waals surface area contributed by atoms with E-state index in [1.54, 1.807) is 22.3 Å². The van der Waals surface area contributed by atoms with E-state index in [4.69, 9.17) is 0 Å². The van der Waals surface area contributed by atoms with Crippen molar-refractivity contribution >= 4 is 45.5 Å². The highest BCUT2D eigenvalue weighted by atomic mass is 15.1. The second kappa shape index (κ2) is 52.7. The van der Waals surface area contributed by atoms with Crippen LogP contribution in [-0.4, -0.2) is 7.05 Å². The SMILES string of the molecule is CCCCCCCCC1(CCCCCCCC)c2cc(C)ccc2-c2ccc(-c3ccc(N(c4ccc(C)cc4)c4ccc(-c5ccccc5)cc4)cc3)cc21.CCCCCCCCC1(CCCCCCCC)c2cc(C)ccc2-c2ccc(-c3ccc(N(c4ccc(C)cc4)c4ccc(C(C)CC)cc4)cc3)cc21.CCCCCCCCc1cccc(N(C)c2ccc(-c3ccc(C)cc3)cc2)c1. The number of fused-ring (bicyclic) bond motifs is 6. The molecule has 0 radical (unpaired) electrons. The van der Waals surface area contributed by atoms with Crippen LogP contribution in [0.5, 0.6) is 0 Å². The molecule has 0 saturated carbocycles. The van der Waals surface area contributed by atoms with E-state index >= 15 is 0 Å². The van der Waals surface area contributed by atoms with Crippen LogP contribution in [-0.2, 0) is 17.3 Å². The molecule has 0 heterocycles. The fourth-order valence-electron chi connectivity index (χ4n) is 22.0. The summed E-state index contributed by atoms with van der Waals surface area (Å²) in [7, 11) is 2.16. The predicted molar refractivity (Wildman–Crippen MR) is 609 cm³/mol. The lowest BCUT2D eigenvalue weighted by atomic mass is 9.70. The van der Waals surface area contributed by atoms with E-state index in [9.17, 15) is 0 Å². The number of benzene rings is 14. The third-order valence-corrected chi connectivity index (χ3v) is 30.7. The van der Waals surface area contributed by atoms with Crippen LogP contribution in [0.1, 0.15) is 340 Å². The molecule has 3 heteroatoms. The third-order valence-electron chi connectivity index (χ3n) is 30.7. The monoisotopic (exact) mass is 1840 g/mol. The summed E-state index contributed by atoms with van der Waals surface area (Å²) in [6.45, 7) is 27.2. The Hall–Kier alpha value is -11.5. The van der Waals surface area contributed by atoms with Gasteiger partial charge in [0, 0.05) is 63.4 Å². The Bertz CT molecular complexity index is 5980. The van der Waals surface area contributed by atoms with Crippen molar-refractivity contribution in [2.75, 3.05) is 21.7 Å². The molecule has 0 N–H and O–H groups in total. The van der Waals surface area contributed by atoms with E-state index in [-0.39, 0.29) is 10.8 Å². The topological polar surface area (TPSA) is 9.72 Å². The predicted octanol–water partition coefficient (Wildman–Crippen LogP) is 41.9. The van der Waals surface area contributed by atoms with Crippen LogP contribution >= 0.6 is 0 Å². The van der Waals surface area contributed by atoms with E-state index < -0.39 is 0 Å². The molecule has 1 atom stereocenters. The van der Waals surface area contributed by atoms with Gasteiger partial charge in [0.05, 0.1) is 0 Å². The van der Waals surface area contributed by atoms with Crippen LogP contribution in [0.2, 0.25) is 0 Å². The second-order valence-electron chi connectivity index (χ2n) is 41.3. The lowest BCUT2D eigenvalue weighted by molar-refractivity contribution is 0.398. The first-order valence-electron chi connectivity index (χ1n) is 54.8. The summed E-state index contributed by atoms with van der Waals surface area (Å²) in [6.07, 6.45) is 47.6. The number of hydrogen-bond acceptors (Lipinski definition) is 3. The second-order valence-corrected chi connectivity index (χ2v) is 41.3. The van der Waals surface area contributed by atoms with Gasteiger partial charge in [0.1, 0.15) is 0 Å². The quantitative estimate of drug-likeness (QED) is 0.0352. The minimum Gasteiger partial charge on any atom is -0.345 e. The van der Waals surface area contributed by atoms with Crippen LogP contribution in [0.4, 0.5) is 45.5 Å². The zero-order valence-corrected chi connectivity index (χ0v) is 87.5. The summed E-state index contributed by atoms with van der Waals surface area (Å²) in [5.74, 6) is 0.561. The van der Waals surface area contributed by atoms with Crippen LogP contribution in [0, 0.1) is 34.6 Å². The van der Waals surface area contributed by atoms with E-state index in [2.05, 4.69) is 426 Å². The highest BCUT2D eigenvalue weighted by Gasteiger charge is 2.44. The lowest BCUT2D eigenvalue weighted by Crippen LogP contribution is -2.25. The van der Waals surface area contributed by atoms with Gasteiger partial charge in [0.25, 0.3) is 0 Å². The molecular weight excluding hydrogens is 1680 g/mol. The van der Waals surface area contributed by atoms with Gasteiger partial charge in [-0.3, -0.25) is 0 Å². The van der Waals surface area contributed by atoms with E-state index in [0.717, 1.165) is 23.5 Å². The Morgan fingerprint density at radius 2 is 0.482 bits per heavy atom. The molecule has 16 rings (SSSR count).